The van der Waals surface area contributed by atoms with Crippen molar-refractivity contribution in [2.24, 2.45) is 0 Å². The van der Waals surface area contributed by atoms with Gasteiger partial charge in [0.05, 0.1) is 6.43 Å². The molecule has 0 aromatic rings. The molecule has 0 radical (unpaired) electrons. The van der Waals surface area contributed by atoms with E-state index in [0.717, 1.165) is 0 Å². The molecule has 0 aromatic heterocycles. The minimum absolute atomic E-state index is 0. The van der Waals surface area contributed by atoms with Gasteiger partial charge in [-0.25, -0.2) is 8.78 Å². The van der Waals surface area contributed by atoms with Gasteiger partial charge in [-0.15, -0.1) is 0 Å². The molecule has 0 atom stereocenters. The van der Waals surface area contributed by atoms with Gasteiger partial charge in [-0.05, 0) is 0 Å². The molecule has 0 unspecified atom stereocenters. The molecule has 0 bridgehead atoms. The van der Waals surface area contributed by atoms with Gasteiger partial charge in [0.2, 0.25) is 0 Å². The molecule has 0 heterocycles. The topological polar surface area (TPSA) is 0 Å². The summed E-state index contributed by atoms with van der Waals surface area (Å²) in [7, 11) is 0. The van der Waals surface area contributed by atoms with E-state index in [1.54, 1.807) is 0 Å². The van der Waals surface area contributed by atoms with Crippen molar-refractivity contribution in [1.29, 1.82) is 0 Å². The fraction of sp³-hybridized carbons (Fsp3) is 0.833. The van der Waals surface area contributed by atoms with Crippen LogP contribution < -0.4 is 24.0 Å². The molecular weight excluding hydrogens is 470 g/mol. The van der Waals surface area contributed by atoms with Crippen LogP contribution in [0.15, 0.2) is 0 Å². The van der Waals surface area contributed by atoms with E-state index < -0.39 is 36.3 Å². The standard InChI is InChI=1S/C6F13.HI.Mg/c7-1(8)2(9,10)3(11,12)4(13,14)5(15,16)6(17,18)19;;/h;1H;/q-1;;+2/p-1. The van der Waals surface area contributed by atoms with Crippen LogP contribution in [0.1, 0.15) is 0 Å². The average molecular weight is 470 g/mol. The second-order valence-corrected chi connectivity index (χ2v) is 3.06. The Labute approximate surface area is 140 Å². The van der Waals surface area contributed by atoms with Crippen LogP contribution in [0.3, 0.4) is 0 Å². The first-order chi connectivity index (χ1) is 7.94. The van der Waals surface area contributed by atoms with Crippen LogP contribution in [0, 0.1) is 6.43 Å². The Balaban J connectivity index is -0.00000162. The van der Waals surface area contributed by atoms with E-state index >= 15 is 0 Å². The molecule has 0 amide bonds. The van der Waals surface area contributed by atoms with Crippen LogP contribution in [0.4, 0.5) is 57.1 Å². The van der Waals surface area contributed by atoms with Crippen molar-refractivity contribution in [2.45, 2.75) is 29.9 Å². The maximum Gasteiger partial charge on any atom is 2.00 e. The number of alkyl halides is 11. The summed E-state index contributed by atoms with van der Waals surface area (Å²) in [5.41, 5.74) is 0. The van der Waals surface area contributed by atoms with Crippen LogP contribution in [-0.4, -0.2) is 52.9 Å². The van der Waals surface area contributed by atoms with Gasteiger partial charge in [-0.2, -0.15) is 39.5 Å². The van der Waals surface area contributed by atoms with Crippen molar-refractivity contribution >= 4 is 23.1 Å². The summed E-state index contributed by atoms with van der Waals surface area (Å²) in [6.45, 7) is 0. The molecule has 124 valence electrons. The zero-order valence-corrected chi connectivity index (χ0v) is 12.6. The van der Waals surface area contributed by atoms with E-state index in [1.165, 1.54) is 0 Å². The largest absolute Gasteiger partial charge is 2.00 e. The van der Waals surface area contributed by atoms with Gasteiger partial charge in [-0.3, -0.25) is 0 Å². The summed E-state index contributed by atoms with van der Waals surface area (Å²) in [5, 5.41) is 0. The molecule has 21 heavy (non-hydrogen) atoms. The van der Waals surface area contributed by atoms with Crippen LogP contribution >= 0.6 is 0 Å². The summed E-state index contributed by atoms with van der Waals surface area (Å²) in [6, 6.07) is 0. The van der Waals surface area contributed by atoms with Crippen LogP contribution in [-0.2, 0) is 0 Å². The molecule has 0 saturated heterocycles. The molecule has 0 saturated carbocycles. The predicted molar refractivity (Wildman–Crippen MR) is 37.1 cm³/mol. The molecule has 0 fully saturated rings. The van der Waals surface area contributed by atoms with Gasteiger partial charge in [0, 0.05) is 0 Å². The van der Waals surface area contributed by atoms with Crippen molar-refractivity contribution in [3.05, 3.63) is 6.43 Å². The zero-order valence-electron chi connectivity index (χ0n) is 9.00. The molecule has 0 rings (SSSR count). The molecule has 0 aromatic carbocycles. The third-order valence-corrected chi connectivity index (χ3v) is 1.78. The SMILES string of the molecule is F[C-](F)C(F)(F)C(F)(F)C(F)(F)C(F)(F)C(F)(F)F.[I-].[Mg+2]. The second-order valence-electron chi connectivity index (χ2n) is 3.06. The molecule has 0 nitrogen and oxygen atoms in total. The van der Waals surface area contributed by atoms with Crippen molar-refractivity contribution in [1.82, 2.24) is 0 Å². The first-order valence-corrected chi connectivity index (χ1v) is 3.71. The number of hydrogen-bond donors (Lipinski definition) is 0. The maximum absolute atomic E-state index is 12.3. The fourth-order valence-corrected chi connectivity index (χ4v) is 0.691. The Morgan fingerprint density at radius 3 is 1.00 bits per heavy atom. The van der Waals surface area contributed by atoms with Crippen molar-refractivity contribution in [3.8, 4) is 0 Å². The molecule has 0 spiro atoms. The van der Waals surface area contributed by atoms with Gasteiger partial charge in [-0.1, -0.05) is 0 Å². The molecular formula is C6F13IMg. The minimum Gasteiger partial charge on any atom is -1.00 e. The fourth-order valence-electron chi connectivity index (χ4n) is 0.691. The summed E-state index contributed by atoms with van der Waals surface area (Å²) >= 11 is 0. The predicted octanol–water partition coefficient (Wildman–Crippen LogP) is 1.14. The molecule has 0 aliphatic rings. The molecule has 15 heteroatoms. The van der Waals surface area contributed by atoms with E-state index in [4.69, 9.17) is 0 Å². The molecule has 0 aliphatic carbocycles. The number of hydrogen-bond acceptors (Lipinski definition) is 0. The van der Waals surface area contributed by atoms with Gasteiger partial charge in [0.25, 0.3) is 5.92 Å². The Hall–Kier alpha value is 0.586. The summed E-state index contributed by atoms with van der Waals surface area (Å²) in [6.07, 6.45) is -12.1. The van der Waals surface area contributed by atoms with Crippen molar-refractivity contribution in [3.63, 3.8) is 0 Å². The molecule has 0 aliphatic heterocycles. The van der Waals surface area contributed by atoms with Crippen molar-refractivity contribution < 1.29 is 81.1 Å². The number of halogens is 14. The van der Waals surface area contributed by atoms with Gasteiger partial charge in [0.15, 0.2) is 0 Å². The molecule has 0 N–H and O–H groups in total. The monoisotopic (exact) mass is 470 g/mol. The third kappa shape index (κ3) is 3.92. The van der Waals surface area contributed by atoms with E-state index in [9.17, 15) is 57.1 Å². The first-order valence-electron chi connectivity index (χ1n) is 3.71. The van der Waals surface area contributed by atoms with Crippen LogP contribution in [0.25, 0.3) is 0 Å². The normalized spacial score (nSPS) is 14.6. The Kier molecular flexibility index (Phi) is 8.83. The zero-order chi connectivity index (χ0) is 16.1. The van der Waals surface area contributed by atoms with Crippen LogP contribution in [0.2, 0.25) is 0 Å². The smallest absolute Gasteiger partial charge is 1.00 e. The third-order valence-electron chi connectivity index (χ3n) is 1.78. The van der Waals surface area contributed by atoms with Crippen LogP contribution in [0.5, 0.6) is 0 Å². The van der Waals surface area contributed by atoms with E-state index in [2.05, 4.69) is 0 Å². The minimum atomic E-state index is -7.80. The van der Waals surface area contributed by atoms with E-state index in [1.807, 2.05) is 0 Å². The van der Waals surface area contributed by atoms with Crippen molar-refractivity contribution in [2.75, 3.05) is 0 Å². The quantitative estimate of drug-likeness (QED) is 0.251. The number of rotatable bonds is 4. The Morgan fingerprint density at radius 2 is 0.810 bits per heavy atom. The first kappa shape index (κ1) is 26.5. The van der Waals surface area contributed by atoms with Gasteiger partial charge >= 0.3 is 47.0 Å². The van der Waals surface area contributed by atoms with Gasteiger partial charge in [0.1, 0.15) is 0 Å². The summed E-state index contributed by atoms with van der Waals surface area (Å²) in [4.78, 5) is 0. The van der Waals surface area contributed by atoms with E-state index in [0.29, 0.717) is 0 Å². The second kappa shape index (κ2) is 7.00. The van der Waals surface area contributed by atoms with E-state index in [-0.39, 0.29) is 47.0 Å². The van der Waals surface area contributed by atoms with Gasteiger partial charge < -0.3 is 32.8 Å². The Bertz CT molecular complexity index is 334. The summed E-state index contributed by atoms with van der Waals surface area (Å²) < 4.78 is 154. The average Bonchev–Trinajstić information content (AvgIpc) is 2.14. The Morgan fingerprint density at radius 1 is 0.524 bits per heavy atom. The summed E-state index contributed by atoms with van der Waals surface area (Å²) in [5.74, 6) is -30.3. The maximum atomic E-state index is 12.3.